The van der Waals surface area contributed by atoms with Gasteiger partial charge in [0.15, 0.2) is 0 Å². The molecule has 0 unspecified atom stereocenters. The Morgan fingerprint density at radius 1 is 1.50 bits per heavy atom. The van der Waals surface area contributed by atoms with Crippen LogP contribution in [-0.2, 0) is 9.53 Å². The van der Waals surface area contributed by atoms with Crippen LogP contribution in [0.15, 0.2) is 24.8 Å². The maximum Gasteiger partial charge on any atom is 0.407 e. The van der Waals surface area contributed by atoms with Crippen LogP contribution in [0.4, 0.5) is 4.79 Å². The van der Waals surface area contributed by atoms with E-state index in [2.05, 4.69) is 16.6 Å². The third kappa shape index (κ3) is 8.32. The second-order valence-corrected chi connectivity index (χ2v) is 2.34. The molecule has 0 aromatic rings. The number of alkyl carbamates (subject to hydrolysis) is 1. The second kappa shape index (κ2) is 7.85. The van der Waals surface area contributed by atoms with Crippen LogP contribution < -0.4 is 5.32 Å². The number of carbonyl (C=O) groups is 2. The van der Waals surface area contributed by atoms with Crippen molar-refractivity contribution in [2.75, 3.05) is 13.2 Å². The molecule has 5 heteroatoms. The minimum atomic E-state index is -1.00. The maximum atomic E-state index is 10.8. The van der Waals surface area contributed by atoms with E-state index in [0.717, 1.165) is 6.08 Å². The predicted molar refractivity (Wildman–Crippen MR) is 50.9 cm³/mol. The van der Waals surface area contributed by atoms with E-state index >= 15 is 0 Å². The van der Waals surface area contributed by atoms with Crippen molar-refractivity contribution in [3.63, 3.8) is 0 Å². The molecule has 0 atom stereocenters. The van der Waals surface area contributed by atoms with Crippen LogP contribution in [0.2, 0.25) is 0 Å². The van der Waals surface area contributed by atoms with E-state index in [-0.39, 0.29) is 6.61 Å². The molecule has 0 spiro atoms. The molecule has 78 valence electrons. The number of rotatable bonds is 6. The van der Waals surface area contributed by atoms with Crippen LogP contribution >= 0.6 is 0 Å². The van der Waals surface area contributed by atoms with Crippen molar-refractivity contribution in [3.05, 3.63) is 24.8 Å². The monoisotopic (exact) mass is 199 g/mol. The van der Waals surface area contributed by atoms with Gasteiger partial charge in [0.25, 0.3) is 0 Å². The van der Waals surface area contributed by atoms with Gasteiger partial charge in [0.05, 0.1) is 0 Å². The summed E-state index contributed by atoms with van der Waals surface area (Å²) >= 11 is 0. The number of carbonyl (C=O) groups excluding carboxylic acids is 1. The third-order valence-electron chi connectivity index (χ3n) is 1.17. The largest absolute Gasteiger partial charge is 0.478 e. The summed E-state index contributed by atoms with van der Waals surface area (Å²) < 4.78 is 4.61. The molecule has 0 aliphatic rings. The number of ether oxygens (including phenoxy) is 1. The lowest BCUT2D eigenvalue weighted by atomic mass is 10.4. The lowest BCUT2D eigenvalue weighted by Gasteiger charge is -2.02. The van der Waals surface area contributed by atoms with Crippen molar-refractivity contribution < 1.29 is 19.4 Å². The topological polar surface area (TPSA) is 75.6 Å². The smallest absolute Gasteiger partial charge is 0.407 e. The molecule has 0 bridgehead atoms. The van der Waals surface area contributed by atoms with Gasteiger partial charge < -0.3 is 15.2 Å². The van der Waals surface area contributed by atoms with Crippen LogP contribution in [0.3, 0.4) is 0 Å². The maximum absolute atomic E-state index is 10.8. The van der Waals surface area contributed by atoms with Gasteiger partial charge in [-0.3, -0.25) is 0 Å². The Balaban J connectivity index is 3.40. The Morgan fingerprint density at radius 3 is 2.79 bits per heavy atom. The molecule has 0 aromatic heterocycles. The van der Waals surface area contributed by atoms with Gasteiger partial charge in [-0.25, -0.2) is 9.59 Å². The SMILES string of the molecule is C=CCOC(=O)NCC/C=C/C(=O)O. The first-order valence-electron chi connectivity index (χ1n) is 4.07. The van der Waals surface area contributed by atoms with E-state index in [0.29, 0.717) is 13.0 Å². The van der Waals surface area contributed by atoms with E-state index in [1.807, 2.05) is 0 Å². The van der Waals surface area contributed by atoms with Crippen LogP contribution in [0.25, 0.3) is 0 Å². The number of hydrogen-bond acceptors (Lipinski definition) is 3. The summed E-state index contributed by atoms with van der Waals surface area (Å²) in [6, 6.07) is 0. The van der Waals surface area contributed by atoms with Crippen LogP contribution in [-0.4, -0.2) is 30.3 Å². The Labute approximate surface area is 82.1 Å². The summed E-state index contributed by atoms with van der Waals surface area (Å²) in [4.78, 5) is 20.8. The normalized spacial score (nSPS) is 9.71. The van der Waals surface area contributed by atoms with Crippen molar-refractivity contribution in [1.82, 2.24) is 5.32 Å². The summed E-state index contributed by atoms with van der Waals surface area (Å²) in [5.41, 5.74) is 0. The summed E-state index contributed by atoms with van der Waals surface area (Å²) in [6.45, 7) is 3.89. The molecule has 0 saturated carbocycles. The standard InChI is InChI=1S/C9H13NO4/c1-2-7-14-9(13)10-6-4-3-5-8(11)12/h2-3,5H,1,4,6-7H2,(H,10,13)(H,11,12)/b5-3+. The van der Waals surface area contributed by atoms with E-state index < -0.39 is 12.1 Å². The summed E-state index contributed by atoms with van der Waals surface area (Å²) in [5, 5.41) is 10.7. The first kappa shape index (κ1) is 12.2. The lowest BCUT2D eigenvalue weighted by Crippen LogP contribution is -2.25. The average Bonchev–Trinajstić information content (AvgIpc) is 2.13. The Bertz CT molecular complexity index is 235. The van der Waals surface area contributed by atoms with Crippen LogP contribution in [0.1, 0.15) is 6.42 Å². The molecule has 0 heterocycles. The van der Waals surface area contributed by atoms with Gasteiger partial charge in [-0.05, 0) is 6.42 Å². The van der Waals surface area contributed by atoms with Gasteiger partial charge in [-0.2, -0.15) is 0 Å². The van der Waals surface area contributed by atoms with E-state index in [9.17, 15) is 9.59 Å². The van der Waals surface area contributed by atoms with Crippen molar-refractivity contribution in [3.8, 4) is 0 Å². The minimum Gasteiger partial charge on any atom is -0.478 e. The fraction of sp³-hybridized carbons (Fsp3) is 0.333. The molecule has 1 amide bonds. The van der Waals surface area contributed by atoms with Crippen molar-refractivity contribution in [1.29, 1.82) is 0 Å². The molecule has 14 heavy (non-hydrogen) atoms. The molecule has 0 radical (unpaired) electrons. The highest BCUT2D eigenvalue weighted by Gasteiger charge is 1.96. The number of aliphatic carboxylic acids is 1. The molecular weight excluding hydrogens is 186 g/mol. The molecule has 0 aliphatic carbocycles. The van der Waals surface area contributed by atoms with Gasteiger partial charge in [0.1, 0.15) is 6.61 Å². The molecule has 0 rings (SSSR count). The number of amides is 1. The van der Waals surface area contributed by atoms with Gasteiger partial charge in [-0.15, -0.1) is 0 Å². The van der Waals surface area contributed by atoms with E-state index in [1.165, 1.54) is 12.2 Å². The second-order valence-electron chi connectivity index (χ2n) is 2.34. The molecule has 2 N–H and O–H groups in total. The van der Waals surface area contributed by atoms with Crippen LogP contribution in [0.5, 0.6) is 0 Å². The van der Waals surface area contributed by atoms with Gasteiger partial charge in [-0.1, -0.05) is 18.7 Å². The highest BCUT2D eigenvalue weighted by molar-refractivity contribution is 5.79. The summed E-state index contributed by atoms with van der Waals surface area (Å²) in [5.74, 6) is -1.00. The molecule has 0 fully saturated rings. The lowest BCUT2D eigenvalue weighted by molar-refractivity contribution is -0.131. The van der Waals surface area contributed by atoms with Crippen LogP contribution in [0, 0.1) is 0 Å². The first-order chi connectivity index (χ1) is 6.66. The van der Waals surface area contributed by atoms with E-state index in [4.69, 9.17) is 5.11 Å². The van der Waals surface area contributed by atoms with Crippen molar-refractivity contribution in [2.24, 2.45) is 0 Å². The Morgan fingerprint density at radius 2 is 2.21 bits per heavy atom. The molecular formula is C9H13NO4. The van der Waals surface area contributed by atoms with E-state index in [1.54, 1.807) is 0 Å². The van der Waals surface area contributed by atoms with Gasteiger partial charge in [0, 0.05) is 12.6 Å². The number of nitrogens with one attached hydrogen (secondary N) is 1. The zero-order valence-corrected chi connectivity index (χ0v) is 7.73. The highest BCUT2D eigenvalue weighted by Crippen LogP contribution is 1.83. The number of carboxylic acid groups (broad SMARTS) is 1. The van der Waals surface area contributed by atoms with Crippen molar-refractivity contribution in [2.45, 2.75) is 6.42 Å². The van der Waals surface area contributed by atoms with Gasteiger partial charge >= 0.3 is 12.1 Å². The summed E-state index contributed by atoms with van der Waals surface area (Å²) in [7, 11) is 0. The quantitative estimate of drug-likeness (QED) is 0.379. The molecule has 0 aliphatic heterocycles. The first-order valence-corrected chi connectivity index (χ1v) is 4.07. The average molecular weight is 199 g/mol. The fourth-order valence-corrected chi connectivity index (χ4v) is 0.627. The third-order valence-corrected chi connectivity index (χ3v) is 1.17. The highest BCUT2D eigenvalue weighted by atomic mass is 16.5. The fourth-order valence-electron chi connectivity index (χ4n) is 0.627. The minimum absolute atomic E-state index is 0.163. The number of carboxylic acids is 1. The predicted octanol–water partition coefficient (Wildman–Crippen LogP) is 0.930. The summed E-state index contributed by atoms with van der Waals surface area (Å²) in [6.07, 6.45) is 3.86. The zero-order valence-electron chi connectivity index (χ0n) is 7.73. The zero-order chi connectivity index (χ0) is 10.8. The Kier molecular flexibility index (Phi) is 6.85. The molecule has 0 saturated heterocycles. The Hall–Kier alpha value is -1.78. The van der Waals surface area contributed by atoms with Gasteiger partial charge in [0.2, 0.25) is 0 Å². The van der Waals surface area contributed by atoms with Crippen molar-refractivity contribution >= 4 is 12.1 Å². The molecule has 5 nitrogen and oxygen atoms in total. The molecule has 0 aromatic carbocycles. The number of hydrogen-bond donors (Lipinski definition) is 2.